The van der Waals surface area contributed by atoms with Crippen molar-refractivity contribution < 1.29 is 37.0 Å². The van der Waals surface area contributed by atoms with Crippen LogP contribution in [-0.2, 0) is 4.74 Å². The average Bonchev–Trinajstić information content (AvgIpc) is 2.69. The number of halogens is 3. The molecule has 0 aliphatic carbocycles. The van der Waals surface area contributed by atoms with E-state index >= 15 is 0 Å². The van der Waals surface area contributed by atoms with Gasteiger partial charge in [-0.1, -0.05) is 12.1 Å². The van der Waals surface area contributed by atoms with Gasteiger partial charge in [0, 0.05) is 17.7 Å². The topological polar surface area (TPSA) is 61.8 Å². The highest BCUT2D eigenvalue weighted by Gasteiger charge is 2.29. The lowest BCUT2D eigenvalue weighted by Crippen LogP contribution is -2.11. The number of alkyl halides is 3. The summed E-state index contributed by atoms with van der Waals surface area (Å²) in [6.45, 7) is 0. The molecule has 0 unspecified atom stereocenters. The minimum atomic E-state index is -4.73. The Bertz CT molecular complexity index is 899. The van der Waals surface area contributed by atoms with Crippen LogP contribution in [-0.4, -0.2) is 39.3 Å². The number of ketones is 1. The number of methoxy groups -OCH3 is 3. The van der Waals surface area contributed by atoms with Crippen LogP contribution in [0.3, 0.4) is 0 Å². The molecule has 0 aliphatic rings. The molecule has 5 nitrogen and oxygen atoms in total. The van der Waals surface area contributed by atoms with E-state index in [4.69, 9.17) is 9.47 Å². The van der Waals surface area contributed by atoms with E-state index in [0.29, 0.717) is 5.75 Å². The van der Waals surface area contributed by atoms with Gasteiger partial charge in [0.1, 0.15) is 11.5 Å². The predicted molar refractivity (Wildman–Crippen MR) is 95.7 cm³/mol. The Morgan fingerprint density at radius 3 is 2.00 bits per heavy atom. The lowest BCUT2D eigenvalue weighted by molar-refractivity contribution is -0.0793. The molecule has 0 bridgehead atoms. The van der Waals surface area contributed by atoms with E-state index in [1.54, 1.807) is 0 Å². The molecule has 0 spiro atoms. The molecule has 0 aromatic heterocycles. The number of hydrogen-bond acceptors (Lipinski definition) is 5. The third kappa shape index (κ3) is 4.91. The van der Waals surface area contributed by atoms with Gasteiger partial charge in [0.2, 0.25) is 0 Å². The van der Waals surface area contributed by atoms with Gasteiger partial charge in [0.05, 0.1) is 32.5 Å². The zero-order valence-electron chi connectivity index (χ0n) is 15.3. The van der Waals surface area contributed by atoms with E-state index in [9.17, 15) is 22.8 Å². The first kappa shape index (κ1) is 21.0. The second-order valence-electron chi connectivity index (χ2n) is 5.56. The second-order valence-corrected chi connectivity index (χ2v) is 5.56. The number of benzene rings is 2. The highest BCUT2D eigenvalue weighted by atomic mass is 19.4. The number of rotatable bonds is 6. The van der Waals surface area contributed by atoms with E-state index in [1.807, 2.05) is 0 Å². The molecular formula is C20H17F3O5. The Hall–Kier alpha value is -3.29. The van der Waals surface area contributed by atoms with Crippen molar-refractivity contribution >= 4 is 17.3 Å². The predicted octanol–water partition coefficient (Wildman–Crippen LogP) is 4.32. The quantitative estimate of drug-likeness (QED) is 0.415. The van der Waals surface area contributed by atoms with Gasteiger partial charge in [0.15, 0.2) is 5.78 Å². The molecule has 0 radical (unpaired) electrons. The number of carbonyl (C=O) groups excluding carboxylic acids is 2. The molecule has 0 saturated carbocycles. The van der Waals surface area contributed by atoms with Crippen LogP contribution in [0.2, 0.25) is 0 Å². The average molecular weight is 394 g/mol. The lowest BCUT2D eigenvalue weighted by atomic mass is 9.94. The molecule has 0 atom stereocenters. The maximum atomic E-state index is 13.1. The largest absolute Gasteiger partial charge is 0.497 e. The van der Waals surface area contributed by atoms with Crippen molar-refractivity contribution in [1.29, 1.82) is 0 Å². The van der Waals surface area contributed by atoms with Gasteiger partial charge < -0.3 is 14.2 Å². The third-order valence-corrected chi connectivity index (χ3v) is 3.82. The van der Waals surface area contributed by atoms with Gasteiger partial charge in [-0.3, -0.25) is 4.79 Å². The summed E-state index contributed by atoms with van der Waals surface area (Å²) in [5.41, 5.74) is -0.511. The summed E-state index contributed by atoms with van der Waals surface area (Å²) in [7, 11) is 3.89. The van der Waals surface area contributed by atoms with E-state index in [0.717, 1.165) is 0 Å². The lowest BCUT2D eigenvalue weighted by Gasteiger charge is -2.13. The first-order valence-corrected chi connectivity index (χ1v) is 7.95. The van der Waals surface area contributed by atoms with Crippen molar-refractivity contribution in [2.45, 2.75) is 6.18 Å². The number of ether oxygens (including phenoxy) is 3. The minimum Gasteiger partial charge on any atom is -0.497 e. The van der Waals surface area contributed by atoms with Gasteiger partial charge in [0.25, 0.3) is 0 Å². The molecule has 2 aromatic carbocycles. The number of esters is 1. The summed E-state index contributed by atoms with van der Waals surface area (Å²) in [5.74, 6) is -1.07. The van der Waals surface area contributed by atoms with Crippen molar-refractivity contribution in [3.8, 4) is 11.5 Å². The van der Waals surface area contributed by atoms with Gasteiger partial charge in [-0.25, -0.2) is 4.79 Å². The molecule has 0 N–H and O–H groups in total. The van der Waals surface area contributed by atoms with E-state index < -0.39 is 23.5 Å². The van der Waals surface area contributed by atoms with Gasteiger partial charge in [-0.15, -0.1) is 0 Å². The van der Waals surface area contributed by atoms with Crippen LogP contribution < -0.4 is 9.47 Å². The molecule has 0 aliphatic heterocycles. The van der Waals surface area contributed by atoms with Crippen molar-refractivity contribution in [2.24, 2.45) is 0 Å². The van der Waals surface area contributed by atoms with Crippen LogP contribution >= 0.6 is 0 Å². The summed E-state index contributed by atoms with van der Waals surface area (Å²) in [5, 5.41) is 0. The normalized spacial score (nSPS) is 11.7. The van der Waals surface area contributed by atoms with Gasteiger partial charge >= 0.3 is 12.1 Å². The van der Waals surface area contributed by atoms with Gasteiger partial charge in [-0.05, 0) is 29.8 Å². The first-order valence-electron chi connectivity index (χ1n) is 7.95. The molecule has 0 heterocycles. The van der Waals surface area contributed by atoms with Crippen LogP contribution in [0.1, 0.15) is 26.3 Å². The summed E-state index contributed by atoms with van der Waals surface area (Å²) >= 11 is 0. The zero-order valence-corrected chi connectivity index (χ0v) is 15.3. The number of Topliss-reactive ketones (excluding diaryl/α,β-unsaturated/α-hetero) is 1. The molecule has 0 amide bonds. The molecule has 2 rings (SSSR count). The Labute approximate surface area is 159 Å². The van der Waals surface area contributed by atoms with Crippen LogP contribution in [0.5, 0.6) is 11.5 Å². The third-order valence-electron chi connectivity index (χ3n) is 3.82. The maximum Gasteiger partial charge on any atom is 0.410 e. The van der Waals surface area contributed by atoms with E-state index in [2.05, 4.69) is 4.74 Å². The van der Waals surface area contributed by atoms with Crippen molar-refractivity contribution in [3.05, 3.63) is 65.2 Å². The molecule has 0 fully saturated rings. The van der Waals surface area contributed by atoms with Crippen LogP contribution in [0.25, 0.3) is 5.57 Å². The van der Waals surface area contributed by atoms with E-state index in [1.165, 1.54) is 63.8 Å². The summed E-state index contributed by atoms with van der Waals surface area (Å²) in [6.07, 6.45) is -4.81. The Morgan fingerprint density at radius 1 is 0.893 bits per heavy atom. The van der Waals surface area contributed by atoms with Crippen molar-refractivity contribution in [3.63, 3.8) is 0 Å². The molecule has 2 aromatic rings. The second kappa shape index (κ2) is 8.60. The van der Waals surface area contributed by atoms with Gasteiger partial charge in [-0.2, -0.15) is 13.2 Å². The highest BCUT2D eigenvalue weighted by molar-refractivity contribution is 6.30. The Kier molecular flexibility index (Phi) is 6.45. The highest BCUT2D eigenvalue weighted by Crippen LogP contribution is 2.32. The molecular weight excluding hydrogens is 377 g/mol. The number of hydrogen-bond donors (Lipinski definition) is 0. The zero-order chi connectivity index (χ0) is 20.9. The van der Waals surface area contributed by atoms with Crippen molar-refractivity contribution in [1.82, 2.24) is 0 Å². The minimum absolute atomic E-state index is 0.00662. The smallest absolute Gasteiger partial charge is 0.410 e. The molecule has 148 valence electrons. The Balaban J connectivity index is 2.55. The fourth-order valence-corrected chi connectivity index (χ4v) is 2.48. The maximum absolute atomic E-state index is 13.1. The van der Waals surface area contributed by atoms with E-state index in [-0.39, 0.29) is 28.5 Å². The molecule has 8 heteroatoms. The fourth-order valence-electron chi connectivity index (χ4n) is 2.48. The van der Waals surface area contributed by atoms with Crippen LogP contribution in [0.15, 0.2) is 48.5 Å². The fraction of sp³-hybridized carbons (Fsp3) is 0.200. The van der Waals surface area contributed by atoms with Crippen LogP contribution in [0.4, 0.5) is 13.2 Å². The molecule has 0 saturated heterocycles. The first-order chi connectivity index (χ1) is 13.2. The van der Waals surface area contributed by atoms with Crippen molar-refractivity contribution in [2.75, 3.05) is 21.3 Å². The number of allylic oxidation sites excluding steroid dienone is 2. The summed E-state index contributed by atoms with van der Waals surface area (Å²) in [4.78, 5) is 24.4. The van der Waals surface area contributed by atoms with Crippen LogP contribution in [0, 0.1) is 0 Å². The Morgan fingerprint density at radius 2 is 1.50 bits per heavy atom. The molecule has 28 heavy (non-hydrogen) atoms. The summed E-state index contributed by atoms with van der Waals surface area (Å²) in [6, 6.07) is 9.23. The summed E-state index contributed by atoms with van der Waals surface area (Å²) < 4.78 is 53.9. The monoisotopic (exact) mass is 394 g/mol. The SMILES string of the molecule is COC(=O)c1ccc(C(=CC(F)(F)F)C(=O)c2ccc(OC)cc2OC)cc1. The number of carbonyl (C=O) groups is 2. The standard InChI is InChI=1S/C20H17F3O5/c1-26-14-8-9-15(17(10-14)27-2)18(24)16(11-20(21,22)23)12-4-6-13(7-5-12)19(25)28-3/h4-11H,1-3H3.